The topological polar surface area (TPSA) is 47.7 Å². The van der Waals surface area contributed by atoms with Gasteiger partial charge in [0.05, 0.1) is 6.61 Å². The molecule has 118 valence electrons. The number of hydrogen-bond donors (Lipinski definition) is 1. The molecule has 2 N–H and O–H groups in total. The lowest BCUT2D eigenvalue weighted by Crippen LogP contribution is -2.39. The van der Waals surface area contributed by atoms with E-state index in [0.29, 0.717) is 19.2 Å². The van der Waals surface area contributed by atoms with Gasteiger partial charge in [-0.15, -0.1) is 0 Å². The molecule has 1 aromatic carbocycles. The van der Waals surface area contributed by atoms with Gasteiger partial charge in [0.2, 0.25) is 0 Å². The second kappa shape index (κ2) is 8.37. The summed E-state index contributed by atoms with van der Waals surface area (Å²) in [4.78, 5) is 2.48. The summed E-state index contributed by atoms with van der Waals surface area (Å²) in [7, 11) is 1.76. The van der Waals surface area contributed by atoms with Crippen LogP contribution in [0.4, 0.5) is 0 Å². The van der Waals surface area contributed by atoms with Crippen LogP contribution in [0.2, 0.25) is 0 Å². The molecule has 0 saturated heterocycles. The molecule has 0 spiro atoms. The van der Waals surface area contributed by atoms with Gasteiger partial charge in [-0.3, -0.25) is 4.90 Å². The number of methoxy groups -OCH3 is 1. The monoisotopic (exact) mass is 292 g/mol. The fourth-order valence-electron chi connectivity index (χ4n) is 2.65. The van der Waals surface area contributed by atoms with E-state index in [9.17, 15) is 0 Å². The van der Waals surface area contributed by atoms with Crippen LogP contribution in [0.1, 0.15) is 25.3 Å². The van der Waals surface area contributed by atoms with Gasteiger partial charge in [-0.1, -0.05) is 12.1 Å². The molecule has 0 amide bonds. The zero-order chi connectivity index (χ0) is 15.1. The van der Waals surface area contributed by atoms with E-state index in [4.69, 9.17) is 15.2 Å². The smallest absolute Gasteiger partial charge is 0.119 e. The van der Waals surface area contributed by atoms with Crippen molar-refractivity contribution in [3.8, 4) is 5.75 Å². The largest absolute Gasteiger partial charge is 0.492 e. The Morgan fingerprint density at radius 3 is 2.71 bits per heavy atom. The van der Waals surface area contributed by atoms with E-state index in [1.165, 1.54) is 12.8 Å². The van der Waals surface area contributed by atoms with Crippen molar-refractivity contribution in [3.05, 3.63) is 29.8 Å². The molecule has 0 heterocycles. The Balaban J connectivity index is 1.79. The van der Waals surface area contributed by atoms with Crippen molar-refractivity contribution in [3.63, 3.8) is 0 Å². The van der Waals surface area contributed by atoms with E-state index in [0.717, 1.165) is 36.9 Å². The lowest BCUT2D eigenvalue weighted by atomic mass is 10.2. The quantitative estimate of drug-likeness (QED) is 0.718. The van der Waals surface area contributed by atoms with Gasteiger partial charge in [0.25, 0.3) is 0 Å². The molecule has 0 radical (unpaired) electrons. The van der Waals surface area contributed by atoms with Crippen LogP contribution < -0.4 is 10.5 Å². The first-order valence-corrected chi connectivity index (χ1v) is 7.89. The van der Waals surface area contributed by atoms with Gasteiger partial charge >= 0.3 is 0 Å². The van der Waals surface area contributed by atoms with E-state index in [1.807, 2.05) is 24.3 Å². The molecule has 1 aliphatic rings. The Labute approximate surface area is 128 Å². The van der Waals surface area contributed by atoms with Crippen molar-refractivity contribution < 1.29 is 9.47 Å². The standard InChI is InChI=1S/C17H28N2O2/c1-14(16-6-7-16)19(8-10-20-2)9-11-21-17-5-3-4-15(12-17)13-18/h3-5,12,14,16H,6-11,13,18H2,1-2H3. The zero-order valence-corrected chi connectivity index (χ0v) is 13.3. The SMILES string of the molecule is COCCN(CCOc1cccc(CN)c1)C(C)C1CC1. The summed E-state index contributed by atoms with van der Waals surface area (Å²) in [6.07, 6.45) is 2.73. The lowest BCUT2D eigenvalue weighted by molar-refractivity contribution is 0.103. The first-order valence-electron chi connectivity index (χ1n) is 7.89. The summed E-state index contributed by atoms with van der Waals surface area (Å²) < 4.78 is 11.1. The third-order valence-electron chi connectivity index (χ3n) is 4.24. The molecule has 1 unspecified atom stereocenters. The molecular formula is C17H28N2O2. The summed E-state index contributed by atoms with van der Waals surface area (Å²) >= 11 is 0. The van der Waals surface area contributed by atoms with Gasteiger partial charge in [0.15, 0.2) is 0 Å². The molecule has 0 aromatic heterocycles. The molecule has 1 aliphatic carbocycles. The molecule has 1 fully saturated rings. The fraction of sp³-hybridized carbons (Fsp3) is 0.647. The van der Waals surface area contributed by atoms with Crippen LogP contribution in [0, 0.1) is 5.92 Å². The Hall–Kier alpha value is -1.10. The fourth-order valence-corrected chi connectivity index (χ4v) is 2.65. The van der Waals surface area contributed by atoms with Gasteiger partial charge in [-0.25, -0.2) is 0 Å². The van der Waals surface area contributed by atoms with E-state index in [2.05, 4.69) is 11.8 Å². The highest BCUT2D eigenvalue weighted by molar-refractivity contribution is 5.28. The van der Waals surface area contributed by atoms with Crippen LogP contribution in [0.3, 0.4) is 0 Å². The van der Waals surface area contributed by atoms with Gasteiger partial charge in [0, 0.05) is 32.8 Å². The predicted octanol–water partition coefficient (Wildman–Crippen LogP) is 2.27. The highest BCUT2D eigenvalue weighted by Gasteiger charge is 2.31. The zero-order valence-electron chi connectivity index (χ0n) is 13.3. The van der Waals surface area contributed by atoms with E-state index in [-0.39, 0.29) is 0 Å². The summed E-state index contributed by atoms with van der Waals surface area (Å²) in [5.41, 5.74) is 6.76. The number of ether oxygens (including phenoxy) is 2. The Kier molecular flexibility index (Phi) is 6.49. The summed E-state index contributed by atoms with van der Waals surface area (Å²) in [6.45, 7) is 6.26. The molecule has 0 bridgehead atoms. The Bertz CT molecular complexity index is 421. The van der Waals surface area contributed by atoms with E-state index in [1.54, 1.807) is 7.11 Å². The van der Waals surface area contributed by atoms with E-state index < -0.39 is 0 Å². The Morgan fingerprint density at radius 1 is 1.29 bits per heavy atom. The third-order valence-corrected chi connectivity index (χ3v) is 4.24. The number of rotatable bonds is 10. The summed E-state index contributed by atoms with van der Waals surface area (Å²) in [5.74, 6) is 1.77. The third kappa shape index (κ3) is 5.30. The minimum atomic E-state index is 0.551. The van der Waals surface area contributed by atoms with Crippen molar-refractivity contribution in [2.75, 3.05) is 33.4 Å². The van der Waals surface area contributed by atoms with Crippen molar-refractivity contribution in [2.45, 2.75) is 32.4 Å². The molecule has 21 heavy (non-hydrogen) atoms. The second-order valence-electron chi connectivity index (χ2n) is 5.81. The van der Waals surface area contributed by atoms with E-state index >= 15 is 0 Å². The molecule has 4 nitrogen and oxygen atoms in total. The average Bonchev–Trinajstić information content (AvgIpc) is 3.35. The molecular weight excluding hydrogens is 264 g/mol. The lowest BCUT2D eigenvalue weighted by Gasteiger charge is -2.28. The number of hydrogen-bond acceptors (Lipinski definition) is 4. The van der Waals surface area contributed by atoms with Gasteiger partial charge < -0.3 is 15.2 Å². The molecule has 2 rings (SSSR count). The molecule has 0 aliphatic heterocycles. The Morgan fingerprint density at radius 2 is 2.05 bits per heavy atom. The molecule has 1 atom stereocenters. The van der Waals surface area contributed by atoms with Crippen molar-refractivity contribution >= 4 is 0 Å². The average molecular weight is 292 g/mol. The van der Waals surface area contributed by atoms with Crippen LogP contribution in [0.15, 0.2) is 24.3 Å². The summed E-state index contributed by atoms with van der Waals surface area (Å²) in [6, 6.07) is 8.64. The number of nitrogens with two attached hydrogens (primary N) is 1. The maximum Gasteiger partial charge on any atom is 0.119 e. The van der Waals surface area contributed by atoms with Gasteiger partial charge in [0.1, 0.15) is 12.4 Å². The van der Waals surface area contributed by atoms with Crippen molar-refractivity contribution in [1.29, 1.82) is 0 Å². The minimum absolute atomic E-state index is 0.551. The van der Waals surface area contributed by atoms with Crippen LogP contribution in [-0.2, 0) is 11.3 Å². The minimum Gasteiger partial charge on any atom is -0.492 e. The maximum atomic E-state index is 5.87. The van der Waals surface area contributed by atoms with Gasteiger partial charge in [-0.2, -0.15) is 0 Å². The van der Waals surface area contributed by atoms with Crippen LogP contribution in [0.25, 0.3) is 0 Å². The normalized spacial score (nSPS) is 16.2. The van der Waals surface area contributed by atoms with Crippen LogP contribution in [-0.4, -0.2) is 44.4 Å². The number of benzene rings is 1. The number of nitrogens with zero attached hydrogens (tertiary/aromatic N) is 1. The van der Waals surface area contributed by atoms with Gasteiger partial charge in [-0.05, 0) is 43.4 Å². The first kappa shape index (κ1) is 16.3. The second-order valence-corrected chi connectivity index (χ2v) is 5.81. The van der Waals surface area contributed by atoms with Crippen molar-refractivity contribution in [1.82, 2.24) is 4.90 Å². The maximum absolute atomic E-state index is 5.87. The highest BCUT2D eigenvalue weighted by Crippen LogP contribution is 2.34. The molecule has 4 heteroatoms. The summed E-state index contributed by atoms with van der Waals surface area (Å²) in [5, 5.41) is 0. The molecule has 1 aromatic rings. The first-order chi connectivity index (χ1) is 10.2. The van der Waals surface area contributed by atoms with Crippen LogP contribution in [0.5, 0.6) is 5.75 Å². The van der Waals surface area contributed by atoms with Crippen LogP contribution >= 0.6 is 0 Å². The molecule has 1 saturated carbocycles. The van der Waals surface area contributed by atoms with Crippen molar-refractivity contribution in [2.24, 2.45) is 11.7 Å². The highest BCUT2D eigenvalue weighted by atomic mass is 16.5. The predicted molar refractivity (Wildman–Crippen MR) is 85.5 cm³/mol.